The molecule has 1 saturated heterocycles. The van der Waals surface area contributed by atoms with Crippen LogP contribution in [0.25, 0.3) is 0 Å². The van der Waals surface area contributed by atoms with Gasteiger partial charge in [-0.1, -0.05) is 15.9 Å². The van der Waals surface area contributed by atoms with E-state index in [1.54, 1.807) is 12.3 Å². The minimum atomic E-state index is 0.0863. The van der Waals surface area contributed by atoms with Crippen molar-refractivity contribution in [1.82, 2.24) is 15.1 Å². The van der Waals surface area contributed by atoms with Crippen molar-refractivity contribution in [3.8, 4) is 0 Å². The highest BCUT2D eigenvalue weighted by Crippen LogP contribution is 2.21. The number of nitrogens with one attached hydrogen (secondary N) is 1. The van der Waals surface area contributed by atoms with E-state index in [2.05, 4.69) is 26.1 Å². The third kappa shape index (κ3) is 2.45. The van der Waals surface area contributed by atoms with Crippen LogP contribution in [-0.4, -0.2) is 38.9 Å². The molecule has 1 fully saturated rings. The van der Waals surface area contributed by atoms with E-state index in [1.165, 1.54) is 6.42 Å². The van der Waals surface area contributed by atoms with Crippen LogP contribution in [0.4, 0.5) is 0 Å². The second-order valence-electron chi connectivity index (χ2n) is 4.10. The van der Waals surface area contributed by atoms with E-state index in [9.17, 15) is 4.79 Å². The van der Waals surface area contributed by atoms with Crippen molar-refractivity contribution in [2.45, 2.75) is 31.7 Å². The fourth-order valence-electron chi connectivity index (χ4n) is 2.22. The number of hydrogen-bond donors (Lipinski definition) is 1. The Morgan fingerprint density at radius 3 is 3.19 bits per heavy atom. The number of H-pyrrole nitrogens is 1. The van der Waals surface area contributed by atoms with Crippen LogP contribution in [0.15, 0.2) is 12.3 Å². The Morgan fingerprint density at radius 2 is 2.50 bits per heavy atom. The van der Waals surface area contributed by atoms with Gasteiger partial charge in [0, 0.05) is 24.1 Å². The average Bonchev–Trinajstić information content (AvgIpc) is 2.83. The Balaban J connectivity index is 2.08. The van der Waals surface area contributed by atoms with Gasteiger partial charge in [-0.15, -0.1) is 0 Å². The first kappa shape index (κ1) is 11.6. The summed E-state index contributed by atoms with van der Waals surface area (Å²) in [5, 5.41) is 7.52. The van der Waals surface area contributed by atoms with E-state index in [4.69, 9.17) is 0 Å². The smallest absolute Gasteiger partial charge is 0.272 e. The van der Waals surface area contributed by atoms with Crippen LogP contribution in [0, 0.1) is 0 Å². The number of rotatable bonds is 3. The molecular weight excluding hydrogens is 270 g/mol. The first-order valence-corrected chi connectivity index (χ1v) is 6.81. The predicted octanol–water partition coefficient (Wildman–Crippen LogP) is 2.19. The molecule has 0 bridgehead atoms. The third-order valence-electron chi connectivity index (χ3n) is 3.06. The second-order valence-corrected chi connectivity index (χ2v) is 4.89. The summed E-state index contributed by atoms with van der Waals surface area (Å²) in [6.45, 7) is 0.871. The Morgan fingerprint density at radius 1 is 1.62 bits per heavy atom. The number of hydrogen-bond acceptors (Lipinski definition) is 2. The molecule has 5 heteroatoms. The molecule has 0 radical (unpaired) electrons. The molecule has 0 aromatic carbocycles. The van der Waals surface area contributed by atoms with Crippen LogP contribution in [0.5, 0.6) is 0 Å². The normalized spacial score (nSPS) is 21.1. The molecule has 2 heterocycles. The van der Waals surface area contributed by atoms with Gasteiger partial charge < -0.3 is 4.90 Å². The first-order chi connectivity index (χ1) is 7.83. The summed E-state index contributed by atoms with van der Waals surface area (Å²) in [5.74, 6) is 0.0863. The highest BCUT2D eigenvalue weighted by atomic mass is 79.9. The van der Waals surface area contributed by atoms with E-state index >= 15 is 0 Å². The number of piperidine rings is 1. The first-order valence-electron chi connectivity index (χ1n) is 5.69. The summed E-state index contributed by atoms with van der Waals surface area (Å²) in [5.41, 5.74) is 0.599. The van der Waals surface area contributed by atoms with Gasteiger partial charge in [0.1, 0.15) is 5.69 Å². The van der Waals surface area contributed by atoms with E-state index in [-0.39, 0.29) is 5.91 Å². The lowest BCUT2D eigenvalue weighted by Crippen LogP contribution is -2.44. The Bertz CT molecular complexity index is 337. The molecular formula is C11H16BrN3O. The van der Waals surface area contributed by atoms with Crippen molar-refractivity contribution in [2.24, 2.45) is 0 Å². The monoisotopic (exact) mass is 285 g/mol. The minimum Gasteiger partial charge on any atom is -0.334 e. The quantitative estimate of drug-likeness (QED) is 0.866. The van der Waals surface area contributed by atoms with Gasteiger partial charge in [-0.2, -0.15) is 5.10 Å². The van der Waals surface area contributed by atoms with Gasteiger partial charge >= 0.3 is 0 Å². The van der Waals surface area contributed by atoms with E-state index in [0.29, 0.717) is 11.7 Å². The zero-order valence-electron chi connectivity index (χ0n) is 9.16. The zero-order chi connectivity index (χ0) is 11.4. The number of amides is 1. The molecule has 1 aromatic heterocycles. The molecule has 1 aliphatic heterocycles. The lowest BCUT2D eigenvalue weighted by molar-refractivity contribution is 0.0604. The SMILES string of the molecule is O=C(c1ccn[nH]1)N1CCCCC1CCBr. The number of likely N-dealkylation sites (tertiary alicyclic amines) is 1. The average molecular weight is 286 g/mol. The number of aromatic nitrogens is 2. The highest BCUT2D eigenvalue weighted by Gasteiger charge is 2.27. The minimum absolute atomic E-state index is 0.0863. The molecule has 1 N–H and O–H groups in total. The zero-order valence-corrected chi connectivity index (χ0v) is 10.7. The number of carbonyl (C=O) groups is 1. The van der Waals surface area contributed by atoms with Crippen LogP contribution in [0.2, 0.25) is 0 Å². The van der Waals surface area contributed by atoms with Crippen molar-refractivity contribution >= 4 is 21.8 Å². The standard InChI is InChI=1S/C11H16BrN3O/c12-6-4-9-3-1-2-8-15(9)11(16)10-5-7-13-14-10/h5,7,9H,1-4,6,8H2,(H,13,14). The van der Waals surface area contributed by atoms with Gasteiger partial charge in [0.2, 0.25) is 0 Å². The van der Waals surface area contributed by atoms with E-state index in [1.807, 2.05) is 4.90 Å². The van der Waals surface area contributed by atoms with Gasteiger partial charge in [0.15, 0.2) is 0 Å². The van der Waals surface area contributed by atoms with Crippen LogP contribution in [0.3, 0.4) is 0 Å². The van der Waals surface area contributed by atoms with Crippen molar-refractivity contribution in [3.63, 3.8) is 0 Å². The fourth-order valence-corrected chi connectivity index (χ4v) is 2.75. The van der Waals surface area contributed by atoms with E-state index in [0.717, 1.165) is 31.1 Å². The molecule has 1 atom stereocenters. The highest BCUT2D eigenvalue weighted by molar-refractivity contribution is 9.09. The van der Waals surface area contributed by atoms with Gasteiger partial charge in [-0.05, 0) is 31.7 Å². The summed E-state index contributed by atoms with van der Waals surface area (Å²) >= 11 is 3.45. The maximum Gasteiger partial charge on any atom is 0.272 e. The maximum atomic E-state index is 12.2. The van der Waals surface area contributed by atoms with Crippen LogP contribution >= 0.6 is 15.9 Å². The molecule has 0 spiro atoms. The molecule has 16 heavy (non-hydrogen) atoms. The van der Waals surface area contributed by atoms with E-state index < -0.39 is 0 Å². The number of halogens is 1. The summed E-state index contributed by atoms with van der Waals surface area (Å²) < 4.78 is 0. The van der Waals surface area contributed by atoms with Crippen molar-refractivity contribution in [1.29, 1.82) is 0 Å². The number of nitrogens with zero attached hydrogens (tertiary/aromatic N) is 2. The number of carbonyl (C=O) groups excluding carboxylic acids is 1. The summed E-state index contributed by atoms with van der Waals surface area (Å²) in [7, 11) is 0. The number of alkyl halides is 1. The van der Waals surface area contributed by atoms with Gasteiger partial charge in [-0.3, -0.25) is 9.89 Å². The lowest BCUT2D eigenvalue weighted by atomic mass is 9.99. The molecule has 0 saturated carbocycles. The van der Waals surface area contributed by atoms with Gasteiger partial charge in [0.25, 0.3) is 5.91 Å². The number of aromatic amines is 1. The molecule has 0 aliphatic carbocycles. The molecule has 1 aromatic rings. The predicted molar refractivity (Wildman–Crippen MR) is 65.7 cm³/mol. The molecule has 4 nitrogen and oxygen atoms in total. The molecule has 88 valence electrons. The van der Waals surface area contributed by atoms with Crippen LogP contribution in [-0.2, 0) is 0 Å². The van der Waals surface area contributed by atoms with Crippen LogP contribution in [0.1, 0.15) is 36.2 Å². The lowest BCUT2D eigenvalue weighted by Gasteiger charge is -2.35. The van der Waals surface area contributed by atoms with Crippen LogP contribution < -0.4 is 0 Å². The summed E-state index contributed by atoms with van der Waals surface area (Å²) in [4.78, 5) is 14.2. The molecule has 1 amide bonds. The Hall–Kier alpha value is -0.840. The molecule has 1 unspecified atom stereocenters. The molecule has 1 aliphatic rings. The topological polar surface area (TPSA) is 49.0 Å². The van der Waals surface area contributed by atoms with Crippen molar-refractivity contribution in [2.75, 3.05) is 11.9 Å². The largest absolute Gasteiger partial charge is 0.334 e. The summed E-state index contributed by atoms with van der Waals surface area (Å²) in [6.07, 6.45) is 6.10. The van der Waals surface area contributed by atoms with Crippen molar-refractivity contribution < 1.29 is 4.79 Å². The van der Waals surface area contributed by atoms with Gasteiger partial charge in [-0.25, -0.2) is 0 Å². The fraction of sp³-hybridized carbons (Fsp3) is 0.636. The molecule has 2 rings (SSSR count). The Kier molecular flexibility index (Phi) is 3.98. The Labute approximate surface area is 104 Å². The van der Waals surface area contributed by atoms with Gasteiger partial charge in [0.05, 0.1) is 0 Å². The summed E-state index contributed by atoms with van der Waals surface area (Å²) in [6, 6.07) is 2.12. The maximum absolute atomic E-state index is 12.2. The third-order valence-corrected chi connectivity index (χ3v) is 3.52. The second kappa shape index (κ2) is 5.48. The van der Waals surface area contributed by atoms with Crippen molar-refractivity contribution in [3.05, 3.63) is 18.0 Å².